The molecule has 3 rings (SSSR count). The largest absolute Gasteiger partial charge is 0.417 e. The number of imidazole rings is 1. The zero-order chi connectivity index (χ0) is 19.4. The van der Waals surface area contributed by atoms with Gasteiger partial charge in [-0.2, -0.15) is 18.4 Å². The predicted molar refractivity (Wildman–Crippen MR) is 96.0 cm³/mol. The first-order chi connectivity index (χ1) is 12.9. The van der Waals surface area contributed by atoms with Crippen LogP contribution in [0.1, 0.15) is 22.5 Å². The van der Waals surface area contributed by atoms with Crippen molar-refractivity contribution in [3.05, 3.63) is 83.4 Å². The normalized spacial score (nSPS) is 11.2. The Bertz CT molecular complexity index is 955. The molecule has 0 aliphatic rings. The molecule has 0 bridgehead atoms. The molecule has 0 aliphatic carbocycles. The summed E-state index contributed by atoms with van der Waals surface area (Å²) in [5.74, 6) is 0.778. The van der Waals surface area contributed by atoms with Crippen LogP contribution >= 0.6 is 0 Å². The average Bonchev–Trinajstić information content (AvgIpc) is 3.07. The zero-order valence-electron chi connectivity index (χ0n) is 14.6. The maximum Gasteiger partial charge on any atom is 0.417 e. The van der Waals surface area contributed by atoms with Crippen molar-refractivity contribution in [3.8, 4) is 6.07 Å². The van der Waals surface area contributed by atoms with Gasteiger partial charge in [-0.25, -0.2) is 4.98 Å². The number of hydrogen-bond donors (Lipinski definition) is 0. The van der Waals surface area contributed by atoms with E-state index in [0.717, 1.165) is 17.5 Å². The second-order valence-electron chi connectivity index (χ2n) is 6.15. The summed E-state index contributed by atoms with van der Waals surface area (Å²) in [6.45, 7) is 1.05. The molecule has 0 saturated heterocycles. The van der Waals surface area contributed by atoms with Crippen molar-refractivity contribution >= 4 is 5.69 Å². The van der Waals surface area contributed by atoms with E-state index in [0.29, 0.717) is 18.8 Å². The SMILES string of the molecule is CN(Cc1nccn1Cc1ccccc1)c1ccc(C(F)(F)F)c(C#N)c1. The smallest absolute Gasteiger partial charge is 0.367 e. The van der Waals surface area contributed by atoms with Crippen LogP contribution in [0.25, 0.3) is 0 Å². The number of aromatic nitrogens is 2. The Morgan fingerprint density at radius 3 is 2.56 bits per heavy atom. The first kappa shape index (κ1) is 18.5. The number of halogens is 3. The molecule has 1 aromatic heterocycles. The van der Waals surface area contributed by atoms with Gasteiger partial charge in [0.25, 0.3) is 0 Å². The second-order valence-corrected chi connectivity index (χ2v) is 6.15. The molecule has 0 radical (unpaired) electrons. The zero-order valence-corrected chi connectivity index (χ0v) is 14.6. The predicted octanol–water partition coefficient (Wildman–Crippen LogP) is 4.46. The molecule has 0 amide bonds. The third-order valence-corrected chi connectivity index (χ3v) is 4.25. The number of alkyl halides is 3. The van der Waals surface area contributed by atoms with Crippen LogP contribution in [-0.2, 0) is 19.3 Å². The molecule has 1 heterocycles. The van der Waals surface area contributed by atoms with Gasteiger partial charge in [-0.15, -0.1) is 0 Å². The minimum absolute atomic E-state index is 0.389. The Labute approximate surface area is 155 Å². The molecule has 138 valence electrons. The maximum atomic E-state index is 13.0. The first-order valence-electron chi connectivity index (χ1n) is 8.25. The standard InChI is InChI=1S/C20H17F3N4/c1-26(17-7-8-18(20(21,22)23)16(11-17)12-24)14-19-25-9-10-27(19)13-15-5-3-2-4-6-15/h2-11H,13-14H2,1H3. The molecule has 0 N–H and O–H groups in total. The van der Waals surface area contributed by atoms with Crippen LogP contribution < -0.4 is 4.90 Å². The van der Waals surface area contributed by atoms with Crippen molar-refractivity contribution in [1.29, 1.82) is 5.26 Å². The topological polar surface area (TPSA) is 44.9 Å². The monoisotopic (exact) mass is 370 g/mol. The third kappa shape index (κ3) is 4.29. The molecule has 2 aromatic carbocycles. The number of rotatable bonds is 5. The molecule has 3 aromatic rings. The molecule has 4 nitrogen and oxygen atoms in total. The highest BCUT2D eigenvalue weighted by molar-refractivity contribution is 5.55. The fourth-order valence-electron chi connectivity index (χ4n) is 2.83. The minimum Gasteiger partial charge on any atom is -0.367 e. The van der Waals surface area contributed by atoms with E-state index >= 15 is 0 Å². The van der Waals surface area contributed by atoms with Crippen molar-refractivity contribution in [2.45, 2.75) is 19.3 Å². The lowest BCUT2D eigenvalue weighted by Crippen LogP contribution is -2.20. The van der Waals surface area contributed by atoms with Gasteiger partial charge in [-0.05, 0) is 23.8 Å². The summed E-state index contributed by atoms with van der Waals surface area (Å²) in [6.07, 6.45) is -0.989. The number of hydrogen-bond acceptors (Lipinski definition) is 3. The van der Waals surface area contributed by atoms with E-state index in [-0.39, 0.29) is 5.56 Å². The maximum absolute atomic E-state index is 13.0. The molecule has 0 atom stereocenters. The number of benzene rings is 2. The van der Waals surface area contributed by atoms with Gasteiger partial charge in [0.15, 0.2) is 0 Å². The number of nitrogens with zero attached hydrogens (tertiary/aromatic N) is 4. The van der Waals surface area contributed by atoms with Crippen molar-refractivity contribution in [1.82, 2.24) is 9.55 Å². The molecule has 0 saturated carbocycles. The summed E-state index contributed by atoms with van der Waals surface area (Å²) < 4.78 is 40.9. The highest BCUT2D eigenvalue weighted by Crippen LogP contribution is 2.33. The molecular formula is C20H17F3N4. The van der Waals surface area contributed by atoms with Crippen molar-refractivity contribution in [2.75, 3.05) is 11.9 Å². The molecule has 0 unspecified atom stereocenters. The van der Waals surface area contributed by atoms with E-state index in [2.05, 4.69) is 4.98 Å². The van der Waals surface area contributed by atoms with Gasteiger partial charge in [-0.1, -0.05) is 30.3 Å². The van der Waals surface area contributed by atoms with Crippen LogP contribution in [0, 0.1) is 11.3 Å². The minimum atomic E-state index is -4.55. The molecule has 0 spiro atoms. The fraction of sp³-hybridized carbons (Fsp3) is 0.200. The van der Waals surface area contributed by atoms with Crippen molar-refractivity contribution in [2.24, 2.45) is 0 Å². The van der Waals surface area contributed by atoms with E-state index in [9.17, 15) is 13.2 Å². The third-order valence-electron chi connectivity index (χ3n) is 4.25. The Morgan fingerprint density at radius 1 is 1.15 bits per heavy atom. The van der Waals surface area contributed by atoms with E-state index in [4.69, 9.17) is 5.26 Å². The Hall–Kier alpha value is -3.27. The lowest BCUT2D eigenvalue weighted by Gasteiger charge is -2.21. The van der Waals surface area contributed by atoms with E-state index in [1.54, 1.807) is 24.2 Å². The number of anilines is 1. The van der Waals surface area contributed by atoms with E-state index < -0.39 is 11.7 Å². The average molecular weight is 370 g/mol. The van der Waals surface area contributed by atoms with Gasteiger partial charge in [0.1, 0.15) is 5.82 Å². The summed E-state index contributed by atoms with van der Waals surface area (Å²) in [5, 5.41) is 9.07. The molecule has 7 heteroatoms. The van der Waals surface area contributed by atoms with E-state index in [1.165, 1.54) is 12.1 Å². The van der Waals surface area contributed by atoms with E-state index in [1.807, 2.05) is 41.1 Å². The van der Waals surface area contributed by atoms with Crippen LogP contribution in [0.15, 0.2) is 60.9 Å². The Morgan fingerprint density at radius 2 is 1.89 bits per heavy atom. The number of nitriles is 1. The molecular weight excluding hydrogens is 353 g/mol. The van der Waals surface area contributed by atoms with Gasteiger partial charge in [-0.3, -0.25) is 0 Å². The summed E-state index contributed by atoms with van der Waals surface area (Å²) in [4.78, 5) is 6.12. The lowest BCUT2D eigenvalue weighted by atomic mass is 10.1. The molecule has 0 aliphatic heterocycles. The van der Waals surface area contributed by atoms with Gasteiger partial charge >= 0.3 is 6.18 Å². The Balaban J connectivity index is 1.80. The summed E-state index contributed by atoms with van der Waals surface area (Å²) in [5.41, 5.74) is 0.335. The van der Waals surface area contributed by atoms with Crippen LogP contribution in [0.5, 0.6) is 0 Å². The molecule has 0 fully saturated rings. The van der Waals surface area contributed by atoms with Crippen molar-refractivity contribution in [3.63, 3.8) is 0 Å². The summed E-state index contributed by atoms with van der Waals surface area (Å²) in [6, 6.07) is 15.1. The quantitative estimate of drug-likeness (QED) is 0.666. The van der Waals surface area contributed by atoms with Gasteiger partial charge in [0.05, 0.1) is 23.7 Å². The second kappa shape index (κ2) is 7.54. The fourth-order valence-corrected chi connectivity index (χ4v) is 2.83. The van der Waals surface area contributed by atoms with Gasteiger partial charge in [0.2, 0.25) is 0 Å². The van der Waals surface area contributed by atoms with Crippen molar-refractivity contribution < 1.29 is 13.2 Å². The summed E-state index contributed by atoms with van der Waals surface area (Å²) >= 11 is 0. The summed E-state index contributed by atoms with van der Waals surface area (Å²) in [7, 11) is 1.76. The van der Waals surface area contributed by atoms with Crippen LogP contribution in [0.2, 0.25) is 0 Å². The highest BCUT2D eigenvalue weighted by Gasteiger charge is 2.33. The van der Waals surface area contributed by atoms with Gasteiger partial charge < -0.3 is 9.47 Å². The lowest BCUT2D eigenvalue weighted by molar-refractivity contribution is -0.137. The van der Waals surface area contributed by atoms with Crippen LogP contribution in [-0.4, -0.2) is 16.6 Å². The molecule has 27 heavy (non-hydrogen) atoms. The van der Waals surface area contributed by atoms with Crippen LogP contribution in [0.3, 0.4) is 0 Å². The first-order valence-corrected chi connectivity index (χ1v) is 8.25. The van der Waals surface area contributed by atoms with Gasteiger partial charge in [0, 0.05) is 31.7 Å². The Kier molecular flexibility index (Phi) is 5.17. The van der Waals surface area contributed by atoms with Crippen LogP contribution in [0.4, 0.5) is 18.9 Å². The highest BCUT2D eigenvalue weighted by atomic mass is 19.4.